The minimum atomic E-state index is -0.858. The average molecular weight is 255 g/mol. The van der Waals surface area contributed by atoms with E-state index in [0.717, 1.165) is 19.3 Å². The third-order valence-corrected chi connectivity index (χ3v) is 4.27. The minimum absolute atomic E-state index is 0.0923. The number of carboxylic acids is 1. The van der Waals surface area contributed by atoms with Crippen molar-refractivity contribution >= 4 is 11.9 Å². The van der Waals surface area contributed by atoms with Crippen LogP contribution in [0.25, 0.3) is 0 Å². The van der Waals surface area contributed by atoms with Crippen LogP contribution in [0, 0.1) is 5.41 Å². The molecule has 0 bridgehead atoms. The lowest BCUT2D eigenvalue weighted by atomic mass is 9.71. The predicted molar refractivity (Wildman–Crippen MR) is 65.0 cm³/mol. The molecule has 0 unspecified atom stereocenters. The number of aliphatic hydroxyl groups excluding tert-OH is 1. The molecule has 1 saturated heterocycles. The molecule has 2 rings (SSSR count). The largest absolute Gasteiger partial charge is 0.481 e. The van der Waals surface area contributed by atoms with Gasteiger partial charge in [-0.25, -0.2) is 0 Å². The second-order valence-electron chi connectivity index (χ2n) is 5.61. The molecule has 2 fully saturated rings. The molecule has 0 aromatic rings. The summed E-state index contributed by atoms with van der Waals surface area (Å²) in [6.45, 7) is 0.907. The fourth-order valence-electron chi connectivity index (χ4n) is 3.06. The molecule has 0 spiro atoms. The van der Waals surface area contributed by atoms with Gasteiger partial charge in [-0.2, -0.15) is 0 Å². The van der Waals surface area contributed by atoms with E-state index in [2.05, 4.69) is 0 Å². The Labute approximate surface area is 107 Å². The van der Waals surface area contributed by atoms with Crippen molar-refractivity contribution in [2.45, 2.75) is 51.0 Å². The monoisotopic (exact) mass is 255 g/mol. The topological polar surface area (TPSA) is 77.8 Å². The van der Waals surface area contributed by atoms with Gasteiger partial charge in [-0.1, -0.05) is 19.3 Å². The number of carbonyl (C=O) groups is 2. The number of amides is 1. The van der Waals surface area contributed by atoms with E-state index in [-0.39, 0.29) is 12.3 Å². The van der Waals surface area contributed by atoms with Crippen molar-refractivity contribution in [1.82, 2.24) is 4.90 Å². The van der Waals surface area contributed by atoms with Gasteiger partial charge in [0.05, 0.1) is 11.5 Å². The summed E-state index contributed by atoms with van der Waals surface area (Å²) in [5.41, 5.74) is -0.858. The molecule has 2 N–H and O–H groups in total. The van der Waals surface area contributed by atoms with Gasteiger partial charge in [0, 0.05) is 19.5 Å². The van der Waals surface area contributed by atoms with Gasteiger partial charge in [0.15, 0.2) is 0 Å². The summed E-state index contributed by atoms with van der Waals surface area (Å²) in [4.78, 5) is 25.2. The summed E-state index contributed by atoms with van der Waals surface area (Å²) in [5.74, 6) is -0.953. The number of likely N-dealkylation sites (tertiary alicyclic amines) is 1. The minimum Gasteiger partial charge on any atom is -0.481 e. The van der Waals surface area contributed by atoms with Crippen molar-refractivity contribution in [3.8, 4) is 0 Å². The van der Waals surface area contributed by atoms with Crippen LogP contribution in [0.5, 0.6) is 0 Å². The Hall–Kier alpha value is -1.10. The lowest BCUT2D eigenvalue weighted by Crippen LogP contribution is -2.40. The van der Waals surface area contributed by atoms with Gasteiger partial charge in [0.25, 0.3) is 0 Å². The Bertz CT molecular complexity index is 336. The number of nitrogens with zero attached hydrogens (tertiary/aromatic N) is 1. The number of carbonyl (C=O) groups excluding carboxylic acids is 1. The zero-order chi connectivity index (χ0) is 13.2. The highest BCUT2D eigenvalue weighted by Gasteiger charge is 2.42. The number of aliphatic carboxylic acids is 1. The Morgan fingerprint density at radius 3 is 2.39 bits per heavy atom. The van der Waals surface area contributed by atoms with E-state index < -0.39 is 17.5 Å². The predicted octanol–water partition coefficient (Wildman–Crippen LogP) is 1.00. The zero-order valence-corrected chi connectivity index (χ0v) is 10.6. The number of β-amino-alcohol motifs (C(OH)–C–C–N with tert-alkyl or cyclic N) is 1. The average Bonchev–Trinajstić information content (AvgIpc) is 2.77. The molecule has 1 aliphatic carbocycles. The normalized spacial score (nSPS) is 27.2. The van der Waals surface area contributed by atoms with Crippen LogP contribution in [-0.2, 0) is 9.59 Å². The van der Waals surface area contributed by atoms with E-state index in [4.69, 9.17) is 0 Å². The van der Waals surface area contributed by atoms with Crippen molar-refractivity contribution in [2.75, 3.05) is 13.1 Å². The van der Waals surface area contributed by atoms with Crippen LogP contribution in [0.4, 0.5) is 0 Å². The summed E-state index contributed by atoms with van der Waals surface area (Å²) in [5, 5.41) is 18.8. The number of hydrogen-bond acceptors (Lipinski definition) is 3. The third-order valence-electron chi connectivity index (χ3n) is 4.27. The van der Waals surface area contributed by atoms with Crippen molar-refractivity contribution in [3.63, 3.8) is 0 Å². The molecular weight excluding hydrogens is 234 g/mol. The number of hydrogen-bond donors (Lipinski definition) is 2. The Balaban J connectivity index is 2.00. The maximum Gasteiger partial charge on any atom is 0.310 e. The zero-order valence-electron chi connectivity index (χ0n) is 10.6. The van der Waals surface area contributed by atoms with Crippen molar-refractivity contribution < 1.29 is 19.8 Å². The Morgan fingerprint density at radius 2 is 1.89 bits per heavy atom. The van der Waals surface area contributed by atoms with Crippen LogP contribution in [0.2, 0.25) is 0 Å². The maximum atomic E-state index is 12.1. The third kappa shape index (κ3) is 2.66. The summed E-state index contributed by atoms with van der Waals surface area (Å²) in [7, 11) is 0. The molecule has 1 aliphatic heterocycles. The van der Waals surface area contributed by atoms with E-state index >= 15 is 0 Å². The van der Waals surface area contributed by atoms with Gasteiger partial charge in [-0.05, 0) is 19.3 Å². The van der Waals surface area contributed by atoms with E-state index in [0.29, 0.717) is 32.4 Å². The van der Waals surface area contributed by atoms with Gasteiger partial charge >= 0.3 is 5.97 Å². The van der Waals surface area contributed by atoms with Crippen LogP contribution < -0.4 is 0 Å². The van der Waals surface area contributed by atoms with Crippen molar-refractivity contribution in [1.29, 1.82) is 0 Å². The number of rotatable bonds is 3. The molecule has 18 heavy (non-hydrogen) atoms. The second-order valence-corrected chi connectivity index (χ2v) is 5.61. The maximum absolute atomic E-state index is 12.1. The van der Waals surface area contributed by atoms with E-state index in [1.807, 2.05) is 0 Å². The fourth-order valence-corrected chi connectivity index (χ4v) is 3.06. The second kappa shape index (κ2) is 5.26. The lowest BCUT2D eigenvalue weighted by Gasteiger charge is -2.33. The molecule has 2 aliphatic rings. The Morgan fingerprint density at radius 1 is 1.22 bits per heavy atom. The smallest absolute Gasteiger partial charge is 0.310 e. The molecule has 0 aromatic carbocycles. The van der Waals surface area contributed by atoms with Crippen LogP contribution in [0.1, 0.15) is 44.9 Å². The van der Waals surface area contributed by atoms with E-state index in [1.54, 1.807) is 4.90 Å². The van der Waals surface area contributed by atoms with Crippen molar-refractivity contribution in [3.05, 3.63) is 0 Å². The van der Waals surface area contributed by atoms with Crippen LogP contribution in [-0.4, -0.2) is 46.2 Å². The van der Waals surface area contributed by atoms with Gasteiger partial charge in [0.2, 0.25) is 5.91 Å². The first-order valence-corrected chi connectivity index (χ1v) is 6.73. The van der Waals surface area contributed by atoms with E-state index in [9.17, 15) is 19.8 Å². The van der Waals surface area contributed by atoms with Crippen LogP contribution in [0.3, 0.4) is 0 Å². The van der Waals surface area contributed by atoms with Gasteiger partial charge in [-0.15, -0.1) is 0 Å². The number of carboxylic acid groups (broad SMARTS) is 1. The first-order valence-electron chi connectivity index (χ1n) is 6.73. The summed E-state index contributed by atoms with van der Waals surface area (Å²) >= 11 is 0. The van der Waals surface area contributed by atoms with Crippen LogP contribution >= 0.6 is 0 Å². The first kappa shape index (κ1) is 13.3. The number of aliphatic hydroxyl groups is 1. The summed E-state index contributed by atoms with van der Waals surface area (Å²) < 4.78 is 0. The van der Waals surface area contributed by atoms with Crippen LogP contribution in [0.15, 0.2) is 0 Å². The SMILES string of the molecule is O=C(CC1(C(=O)O)CCCCC1)N1CC[C@@H](O)C1. The van der Waals surface area contributed by atoms with Gasteiger partial charge in [0.1, 0.15) is 0 Å². The lowest BCUT2D eigenvalue weighted by molar-refractivity contribution is -0.155. The summed E-state index contributed by atoms with van der Waals surface area (Å²) in [6, 6.07) is 0. The molecule has 0 radical (unpaired) electrons. The molecule has 102 valence electrons. The highest BCUT2D eigenvalue weighted by atomic mass is 16.4. The summed E-state index contributed by atoms with van der Waals surface area (Å²) in [6.07, 6.45) is 4.30. The Kier molecular flexibility index (Phi) is 3.90. The highest BCUT2D eigenvalue weighted by Crippen LogP contribution is 2.40. The highest BCUT2D eigenvalue weighted by molar-refractivity contribution is 5.85. The molecular formula is C13H21NO4. The fraction of sp³-hybridized carbons (Fsp3) is 0.846. The molecule has 1 saturated carbocycles. The molecule has 1 atom stereocenters. The molecule has 0 aromatic heterocycles. The molecule has 5 nitrogen and oxygen atoms in total. The molecule has 1 amide bonds. The van der Waals surface area contributed by atoms with Crippen molar-refractivity contribution in [2.24, 2.45) is 5.41 Å². The van der Waals surface area contributed by atoms with Gasteiger partial charge in [-0.3, -0.25) is 9.59 Å². The van der Waals surface area contributed by atoms with E-state index in [1.165, 1.54) is 0 Å². The molecule has 1 heterocycles. The standard InChI is InChI=1S/C13H21NO4/c15-10-4-7-14(9-10)11(16)8-13(12(17)18)5-2-1-3-6-13/h10,15H,1-9H2,(H,17,18)/t10-/m1/s1. The quantitative estimate of drug-likeness (QED) is 0.788. The molecule has 5 heteroatoms. The first-order chi connectivity index (χ1) is 8.53. The van der Waals surface area contributed by atoms with Gasteiger partial charge < -0.3 is 15.1 Å².